The van der Waals surface area contributed by atoms with Gasteiger partial charge in [-0.2, -0.15) is 0 Å². The fourth-order valence-electron chi connectivity index (χ4n) is 2.98. The van der Waals surface area contributed by atoms with Gasteiger partial charge in [-0.15, -0.1) is 0 Å². The van der Waals surface area contributed by atoms with Gasteiger partial charge in [0.1, 0.15) is 11.5 Å². The number of methoxy groups -OCH3 is 1. The van der Waals surface area contributed by atoms with E-state index in [0.717, 1.165) is 25.3 Å². The number of ether oxygens (including phenoxy) is 2. The van der Waals surface area contributed by atoms with Gasteiger partial charge in [-0.05, 0) is 62.2 Å². The number of hydrogen-bond acceptors (Lipinski definition) is 4. The number of aryl methyl sites for hydroxylation is 2. The van der Waals surface area contributed by atoms with Gasteiger partial charge in [0.2, 0.25) is 5.91 Å². The maximum Gasteiger partial charge on any atom is 0.238 e. The van der Waals surface area contributed by atoms with E-state index < -0.39 is 0 Å². The number of rotatable bonds is 10. The van der Waals surface area contributed by atoms with Crippen LogP contribution in [0.4, 0.5) is 5.69 Å². The Labute approximate surface area is 162 Å². The molecule has 0 radical (unpaired) electrons. The van der Waals surface area contributed by atoms with Crippen LogP contribution in [0.2, 0.25) is 0 Å². The van der Waals surface area contributed by atoms with Crippen molar-refractivity contribution in [3.63, 3.8) is 0 Å². The van der Waals surface area contributed by atoms with Crippen LogP contribution in [0.5, 0.6) is 11.5 Å². The lowest BCUT2D eigenvalue weighted by Crippen LogP contribution is -2.34. The molecule has 5 heteroatoms. The van der Waals surface area contributed by atoms with Gasteiger partial charge in [0.15, 0.2) is 0 Å². The number of carbonyl (C=O) groups is 1. The monoisotopic (exact) mass is 370 g/mol. The second kappa shape index (κ2) is 10.6. The Morgan fingerprint density at radius 3 is 2.48 bits per heavy atom. The highest BCUT2D eigenvalue weighted by atomic mass is 16.5. The molecule has 0 fully saturated rings. The molecule has 5 nitrogen and oxygen atoms in total. The minimum absolute atomic E-state index is 0.0448. The molecular formula is C22H30N2O3. The molecule has 0 aliphatic rings. The van der Waals surface area contributed by atoms with E-state index in [-0.39, 0.29) is 5.91 Å². The van der Waals surface area contributed by atoms with Crippen molar-refractivity contribution in [3.8, 4) is 11.5 Å². The Balaban J connectivity index is 1.77. The summed E-state index contributed by atoms with van der Waals surface area (Å²) >= 11 is 0. The number of nitrogens with one attached hydrogen (secondary N) is 1. The molecule has 146 valence electrons. The molecule has 0 saturated carbocycles. The number of likely N-dealkylation sites (N-methyl/N-ethyl adjacent to an activating group) is 1. The highest BCUT2D eigenvalue weighted by Crippen LogP contribution is 2.22. The molecule has 0 spiro atoms. The van der Waals surface area contributed by atoms with E-state index in [9.17, 15) is 4.79 Å². The van der Waals surface area contributed by atoms with Gasteiger partial charge < -0.3 is 14.8 Å². The summed E-state index contributed by atoms with van der Waals surface area (Å²) in [5, 5.41) is 2.92. The third-order valence-electron chi connectivity index (χ3n) is 4.28. The maximum atomic E-state index is 12.3. The van der Waals surface area contributed by atoms with E-state index in [1.165, 1.54) is 11.1 Å². The van der Waals surface area contributed by atoms with Crippen LogP contribution in [0.3, 0.4) is 0 Å². The van der Waals surface area contributed by atoms with Crippen molar-refractivity contribution >= 4 is 11.6 Å². The predicted molar refractivity (Wildman–Crippen MR) is 110 cm³/mol. The van der Waals surface area contributed by atoms with Gasteiger partial charge in [-0.1, -0.05) is 25.1 Å². The van der Waals surface area contributed by atoms with Crippen molar-refractivity contribution in [2.24, 2.45) is 0 Å². The zero-order valence-electron chi connectivity index (χ0n) is 16.7. The second-order valence-electron chi connectivity index (χ2n) is 6.64. The molecule has 1 amide bonds. The van der Waals surface area contributed by atoms with E-state index in [1.807, 2.05) is 36.4 Å². The van der Waals surface area contributed by atoms with Crippen molar-refractivity contribution in [2.75, 3.05) is 38.7 Å². The number of anilines is 1. The molecule has 0 aliphatic carbocycles. The van der Waals surface area contributed by atoms with Gasteiger partial charge in [0.05, 0.1) is 25.9 Å². The fourth-order valence-corrected chi connectivity index (χ4v) is 2.98. The van der Waals surface area contributed by atoms with Gasteiger partial charge >= 0.3 is 0 Å². The van der Waals surface area contributed by atoms with Gasteiger partial charge in [0.25, 0.3) is 0 Å². The molecule has 0 atom stereocenters. The standard InChI is InChI=1S/C22H30N2O3/c1-5-24(11-8-12-27-19-14-17(2)13-18(3)15-19)16-22(25)23-20-9-6-7-10-21(20)26-4/h6-7,9-10,13-15H,5,8,11-12,16H2,1-4H3,(H,23,25). The smallest absolute Gasteiger partial charge is 0.238 e. The average Bonchev–Trinajstić information content (AvgIpc) is 2.63. The molecule has 0 saturated heterocycles. The van der Waals surface area contributed by atoms with E-state index in [4.69, 9.17) is 9.47 Å². The Hall–Kier alpha value is -2.53. The van der Waals surface area contributed by atoms with Crippen LogP contribution in [0.1, 0.15) is 24.5 Å². The van der Waals surface area contributed by atoms with Crippen LogP contribution in [0.15, 0.2) is 42.5 Å². The minimum Gasteiger partial charge on any atom is -0.495 e. The quantitative estimate of drug-likeness (QED) is 0.641. The van der Waals surface area contributed by atoms with E-state index in [2.05, 4.69) is 37.1 Å². The summed E-state index contributed by atoms with van der Waals surface area (Å²) in [6.07, 6.45) is 0.864. The third kappa shape index (κ3) is 6.94. The fraction of sp³-hybridized carbons (Fsp3) is 0.409. The molecule has 0 aromatic heterocycles. The van der Waals surface area contributed by atoms with Crippen molar-refractivity contribution in [1.29, 1.82) is 0 Å². The molecule has 2 rings (SSSR count). The largest absolute Gasteiger partial charge is 0.495 e. The van der Waals surface area contributed by atoms with E-state index in [0.29, 0.717) is 24.6 Å². The van der Waals surface area contributed by atoms with Gasteiger partial charge in [0, 0.05) is 6.54 Å². The summed E-state index contributed by atoms with van der Waals surface area (Å²) < 4.78 is 11.1. The lowest BCUT2D eigenvalue weighted by Gasteiger charge is -2.20. The van der Waals surface area contributed by atoms with Crippen molar-refractivity contribution in [2.45, 2.75) is 27.2 Å². The Kier molecular flexibility index (Phi) is 8.14. The average molecular weight is 370 g/mol. The van der Waals surface area contributed by atoms with Gasteiger partial charge in [-0.3, -0.25) is 9.69 Å². The highest BCUT2D eigenvalue weighted by Gasteiger charge is 2.11. The lowest BCUT2D eigenvalue weighted by atomic mass is 10.1. The third-order valence-corrected chi connectivity index (χ3v) is 4.28. The van der Waals surface area contributed by atoms with Crippen molar-refractivity contribution in [3.05, 3.63) is 53.6 Å². The molecule has 0 aliphatic heterocycles. The second-order valence-corrected chi connectivity index (χ2v) is 6.64. The Morgan fingerprint density at radius 1 is 1.11 bits per heavy atom. The minimum atomic E-state index is -0.0448. The first-order chi connectivity index (χ1) is 13.0. The summed E-state index contributed by atoms with van der Waals surface area (Å²) in [7, 11) is 1.60. The number of hydrogen-bond donors (Lipinski definition) is 1. The first kappa shape index (κ1) is 20.8. The van der Waals surface area contributed by atoms with Crippen LogP contribution >= 0.6 is 0 Å². The highest BCUT2D eigenvalue weighted by molar-refractivity contribution is 5.93. The lowest BCUT2D eigenvalue weighted by molar-refractivity contribution is -0.117. The van der Waals surface area contributed by atoms with E-state index in [1.54, 1.807) is 7.11 Å². The molecular weight excluding hydrogens is 340 g/mol. The molecule has 0 unspecified atom stereocenters. The van der Waals surface area contributed by atoms with Crippen LogP contribution in [0, 0.1) is 13.8 Å². The molecule has 0 heterocycles. The van der Waals surface area contributed by atoms with Crippen molar-refractivity contribution < 1.29 is 14.3 Å². The summed E-state index contributed by atoms with van der Waals surface area (Å²) in [4.78, 5) is 14.4. The summed E-state index contributed by atoms with van der Waals surface area (Å²) in [5.41, 5.74) is 3.10. The number of nitrogens with zero attached hydrogens (tertiary/aromatic N) is 1. The first-order valence-electron chi connectivity index (χ1n) is 9.38. The van der Waals surface area contributed by atoms with Crippen LogP contribution in [-0.2, 0) is 4.79 Å². The van der Waals surface area contributed by atoms with Gasteiger partial charge in [-0.25, -0.2) is 0 Å². The van der Waals surface area contributed by atoms with E-state index >= 15 is 0 Å². The summed E-state index contributed by atoms with van der Waals surface area (Å²) in [6.45, 7) is 8.79. The predicted octanol–water partition coefficient (Wildman–Crippen LogP) is 4.04. The zero-order chi connectivity index (χ0) is 19.6. The molecule has 2 aromatic rings. The zero-order valence-corrected chi connectivity index (χ0v) is 16.7. The van der Waals surface area contributed by atoms with Crippen LogP contribution in [0.25, 0.3) is 0 Å². The summed E-state index contributed by atoms with van der Waals surface area (Å²) in [6, 6.07) is 13.6. The molecule has 0 bridgehead atoms. The number of benzene rings is 2. The number of para-hydroxylation sites is 2. The first-order valence-corrected chi connectivity index (χ1v) is 9.38. The molecule has 27 heavy (non-hydrogen) atoms. The van der Waals surface area contributed by atoms with Crippen LogP contribution < -0.4 is 14.8 Å². The Bertz CT molecular complexity index is 726. The summed E-state index contributed by atoms with van der Waals surface area (Å²) in [5.74, 6) is 1.52. The molecule has 2 aromatic carbocycles. The Morgan fingerprint density at radius 2 is 1.81 bits per heavy atom. The SMILES string of the molecule is CCN(CCCOc1cc(C)cc(C)c1)CC(=O)Nc1ccccc1OC. The number of carbonyl (C=O) groups excluding carboxylic acids is 1. The topological polar surface area (TPSA) is 50.8 Å². The normalized spacial score (nSPS) is 10.7. The molecule has 1 N–H and O–H groups in total. The van der Waals surface area contributed by atoms with Crippen molar-refractivity contribution in [1.82, 2.24) is 4.90 Å². The maximum absolute atomic E-state index is 12.3. The van der Waals surface area contributed by atoms with Crippen LogP contribution in [-0.4, -0.2) is 44.2 Å². The number of amides is 1.